The van der Waals surface area contributed by atoms with Gasteiger partial charge in [-0.25, -0.2) is 4.79 Å². The highest BCUT2D eigenvalue weighted by molar-refractivity contribution is 7.15. The van der Waals surface area contributed by atoms with Crippen LogP contribution in [0.15, 0.2) is 47.3 Å². The first-order chi connectivity index (χ1) is 12.7. The lowest BCUT2D eigenvalue weighted by molar-refractivity contribution is -0.667. The highest BCUT2D eigenvalue weighted by Gasteiger charge is 2.29. The van der Waals surface area contributed by atoms with Gasteiger partial charge in [0.2, 0.25) is 5.69 Å². The summed E-state index contributed by atoms with van der Waals surface area (Å²) in [4.78, 5) is 12.8. The Morgan fingerprint density at radius 3 is 2.19 bits per heavy atom. The molecule has 3 rings (SSSR count). The van der Waals surface area contributed by atoms with Crippen molar-refractivity contribution in [1.29, 1.82) is 0 Å². The highest BCUT2D eigenvalue weighted by atomic mass is 32.1. The summed E-state index contributed by atoms with van der Waals surface area (Å²) >= 11 is 1.30. The van der Waals surface area contributed by atoms with Crippen LogP contribution in [-0.2, 0) is 10.8 Å². The Morgan fingerprint density at radius 1 is 0.963 bits per heavy atom. The molecule has 0 aliphatic rings. The van der Waals surface area contributed by atoms with Crippen LogP contribution in [0.5, 0.6) is 0 Å². The van der Waals surface area contributed by atoms with Crippen LogP contribution in [0, 0.1) is 0 Å². The molecule has 0 fully saturated rings. The van der Waals surface area contributed by atoms with Crippen LogP contribution < -0.4 is 9.55 Å². The minimum Gasteiger partial charge on any atom is -0.200 e. The third-order valence-corrected chi connectivity index (χ3v) is 6.90. The topological polar surface area (TPSA) is 33.8 Å². The second kappa shape index (κ2) is 7.16. The molecule has 3 aromatic rings. The first kappa shape index (κ1) is 19.7. The van der Waals surface area contributed by atoms with E-state index in [9.17, 15) is 4.79 Å². The first-order valence-electron chi connectivity index (χ1n) is 9.67. The molecule has 0 aliphatic carbocycles. The predicted octanol–water partition coefficient (Wildman–Crippen LogP) is 5.31. The van der Waals surface area contributed by atoms with E-state index in [1.807, 2.05) is 30.3 Å². The standard InChI is InChI=1S/C23H29N2OS/c1-7-22(3,4)16-14-18(23(5,6)8-2)20-19(15-16)24-25(21(26)27-20)17-12-10-9-11-13-17/h9-15H,7-8H2,1-6H3/q+1. The van der Waals surface area contributed by atoms with E-state index in [-0.39, 0.29) is 15.7 Å². The number of benzene rings is 2. The minimum absolute atomic E-state index is 0.0123. The maximum Gasteiger partial charge on any atom is 0.504 e. The zero-order valence-corrected chi connectivity index (χ0v) is 18.0. The first-order valence-corrected chi connectivity index (χ1v) is 10.5. The fourth-order valence-electron chi connectivity index (χ4n) is 3.09. The van der Waals surface area contributed by atoms with Gasteiger partial charge in [0.15, 0.2) is 0 Å². The van der Waals surface area contributed by atoms with Crippen LogP contribution in [-0.4, -0.2) is 5.10 Å². The Bertz CT molecular complexity index is 1020. The largest absolute Gasteiger partial charge is 0.504 e. The molecule has 2 aromatic carbocycles. The summed E-state index contributed by atoms with van der Waals surface area (Å²) in [5, 5.41) is 4.78. The van der Waals surface area contributed by atoms with Crippen LogP contribution in [0.25, 0.3) is 15.9 Å². The minimum atomic E-state index is -0.0515. The molecule has 1 heterocycles. The normalized spacial score (nSPS) is 12.5. The van der Waals surface area contributed by atoms with E-state index in [0.29, 0.717) is 0 Å². The molecular formula is C23H29N2OS+. The van der Waals surface area contributed by atoms with Crippen LogP contribution in [0.3, 0.4) is 0 Å². The Balaban J connectivity index is 2.37. The monoisotopic (exact) mass is 381 g/mol. The molecule has 1 aromatic heterocycles. The Morgan fingerprint density at radius 2 is 1.59 bits per heavy atom. The molecule has 0 atom stereocenters. The number of hydrogen-bond acceptors (Lipinski definition) is 3. The Kier molecular flexibility index (Phi) is 5.22. The van der Waals surface area contributed by atoms with Crippen LogP contribution in [0.4, 0.5) is 0 Å². The summed E-state index contributed by atoms with van der Waals surface area (Å²) < 4.78 is 2.54. The van der Waals surface area contributed by atoms with Gasteiger partial charge in [-0.1, -0.05) is 65.8 Å². The Hall–Kier alpha value is -2.07. The molecule has 0 aliphatic heterocycles. The molecule has 0 radical (unpaired) electrons. The maximum absolute atomic E-state index is 12.9. The average molecular weight is 382 g/mol. The van der Waals surface area contributed by atoms with Crippen molar-refractivity contribution in [2.75, 3.05) is 0 Å². The van der Waals surface area contributed by atoms with Gasteiger partial charge in [-0.3, -0.25) is 0 Å². The summed E-state index contributed by atoms with van der Waals surface area (Å²) in [7, 11) is 0. The van der Waals surface area contributed by atoms with Crippen molar-refractivity contribution in [3.05, 3.63) is 63.3 Å². The Labute approximate surface area is 165 Å². The van der Waals surface area contributed by atoms with E-state index in [2.05, 4.69) is 53.7 Å². The van der Waals surface area contributed by atoms with E-state index < -0.39 is 0 Å². The molecule has 0 N–H and O–H groups in total. The zero-order valence-electron chi connectivity index (χ0n) is 17.2. The lowest BCUT2D eigenvalue weighted by Gasteiger charge is -2.29. The van der Waals surface area contributed by atoms with Crippen LogP contribution in [0.2, 0.25) is 0 Å². The number of aromatic nitrogens is 2. The number of rotatable bonds is 5. The predicted molar refractivity (Wildman–Crippen MR) is 114 cm³/mol. The molecule has 4 heteroatoms. The van der Waals surface area contributed by atoms with Gasteiger partial charge in [0, 0.05) is 21.9 Å². The van der Waals surface area contributed by atoms with Gasteiger partial charge in [0.05, 0.1) is 4.70 Å². The van der Waals surface area contributed by atoms with Crippen molar-refractivity contribution in [2.45, 2.75) is 65.2 Å². The van der Waals surface area contributed by atoms with E-state index in [0.717, 1.165) is 28.7 Å². The number of hydrogen-bond donors (Lipinski definition) is 0. The number of nitrogens with zero attached hydrogens (tertiary/aromatic N) is 2. The molecule has 0 saturated carbocycles. The summed E-state index contributed by atoms with van der Waals surface area (Å²) in [6.45, 7) is 13.5. The summed E-state index contributed by atoms with van der Waals surface area (Å²) in [5.41, 5.74) is 4.27. The van der Waals surface area contributed by atoms with Crippen molar-refractivity contribution < 1.29 is 4.68 Å². The summed E-state index contributed by atoms with van der Waals surface area (Å²) in [6, 6.07) is 14.1. The lowest BCUT2D eigenvalue weighted by Crippen LogP contribution is -2.49. The van der Waals surface area contributed by atoms with Crippen molar-refractivity contribution in [3.63, 3.8) is 0 Å². The van der Waals surface area contributed by atoms with Gasteiger partial charge in [-0.2, -0.15) is 0 Å². The van der Waals surface area contributed by atoms with Gasteiger partial charge in [-0.15, -0.1) is 0 Å². The second-order valence-electron chi connectivity index (χ2n) is 8.46. The van der Waals surface area contributed by atoms with Gasteiger partial charge < -0.3 is 0 Å². The summed E-state index contributed by atoms with van der Waals surface area (Å²) in [5.74, 6) is 0. The third-order valence-electron chi connectivity index (χ3n) is 5.92. The SMILES string of the molecule is CCC(C)(C)c1cc(C(C)(C)CC)c2sc(=O)[n+](-c3ccccc3)nc2c1. The van der Waals surface area contributed by atoms with Gasteiger partial charge in [0.1, 0.15) is 5.52 Å². The smallest absolute Gasteiger partial charge is 0.200 e. The van der Waals surface area contributed by atoms with E-state index >= 15 is 0 Å². The molecular weight excluding hydrogens is 352 g/mol. The van der Waals surface area contributed by atoms with Gasteiger partial charge >= 0.3 is 4.87 Å². The van der Waals surface area contributed by atoms with E-state index in [1.165, 1.54) is 27.1 Å². The number of fused-ring (bicyclic) bond motifs is 1. The molecule has 0 amide bonds. The highest BCUT2D eigenvalue weighted by Crippen LogP contribution is 2.38. The zero-order chi connectivity index (χ0) is 19.8. The van der Waals surface area contributed by atoms with Crippen LogP contribution in [0.1, 0.15) is 65.5 Å². The average Bonchev–Trinajstić information content (AvgIpc) is 2.67. The van der Waals surface area contributed by atoms with Crippen LogP contribution >= 0.6 is 11.3 Å². The quantitative estimate of drug-likeness (QED) is 0.561. The van der Waals surface area contributed by atoms with Gasteiger partial charge in [-0.05, 0) is 52.2 Å². The van der Waals surface area contributed by atoms with Crippen molar-refractivity contribution in [1.82, 2.24) is 5.10 Å². The molecule has 27 heavy (non-hydrogen) atoms. The molecule has 3 nitrogen and oxygen atoms in total. The fraction of sp³-hybridized carbons (Fsp3) is 0.435. The van der Waals surface area contributed by atoms with Crippen molar-refractivity contribution in [3.8, 4) is 5.69 Å². The third kappa shape index (κ3) is 3.68. The molecule has 0 saturated heterocycles. The van der Waals surface area contributed by atoms with Crippen molar-refractivity contribution >= 4 is 21.6 Å². The van der Waals surface area contributed by atoms with Crippen molar-refractivity contribution in [2.24, 2.45) is 0 Å². The number of para-hydroxylation sites is 1. The maximum atomic E-state index is 12.9. The van der Waals surface area contributed by atoms with E-state index in [4.69, 9.17) is 5.10 Å². The molecule has 0 unspecified atom stereocenters. The summed E-state index contributed by atoms with van der Waals surface area (Å²) in [6.07, 6.45) is 2.05. The molecule has 0 spiro atoms. The van der Waals surface area contributed by atoms with Gasteiger partial charge in [0.25, 0.3) is 0 Å². The molecule has 142 valence electrons. The second-order valence-corrected chi connectivity index (χ2v) is 9.42. The molecule has 0 bridgehead atoms. The van der Waals surface area contributed by atoms with E-state index in [1.54, 1.807) is 0 Å². The fourth-order valence-corrected chi connectivity index (χ4v) is 4.15. The lowest BCUT2D eigenvalue weighted by atomic mass is 9.76.